The zero-order chi connectivity index (χ0) is 17.1. The predicted octanol–water partition coefficient (Wildman–Crippen LogP) is 3.60. The SMILES string of the molecule is CC(C(=O)Nc1cccc(Cl)c1Cl)N1CCN(c2nccs2)CC1. The number of anilines is 2. The lowest BCUT2D eigenvalue weighted by molar-refractivity contribution is -0.120. The Bertz CT molecular complexity index is 702. The molecule has 1 unspecified atom stereocenters. The van der Waals surface area contributed by atoms with Crippen molar-refractivity contribution in [3.05, 3.63) is 39.8 Å². The monoisotopic (exact) mass is 384 g/mol. The summed E-state index contributed by atoms with van der Waals surface area (Å²) < 4.78 is 0. The Hall–Kier alpha value is -1.34. The molecule has 1 fully saturated rings. The van der Waals surface area contributed by atoms with Gasteiger partial charge in [0.25, 0.3) is 0 Å². The van der Waals surface area contributed by atoms with Crippen molar-refractivity contribution in [2.75, 3.05) is 36.4 Å². The molecule has 0 radical (unpaired) electrons. The number of aromatic nitrogens is 1. The van der Waals surface area contributed by atoms with E-state index >= 15 is 0 Å². The quantitative estimate of drug-likeness (QED) is 0.874. The lowest BCUT2D eigenvalue weighted by atomic mass is 10.2. The fraction of sp³-hybridized carbons (Fsp3) is 0.375. The Labute approximate surface area is 155 Å². The summed E-state index contributed by atoms with van der Waals surface area (Å²) in [6.45, 7) is 5.27. The lowest BCUT2D eigenvalue weighted by Gasteiger charge is -2.37. The van der Waals surface area contributed by atoms with E-state index in [0.717, 1.165) is 31.3 Å². The van der Waals surface area contributed by atoms with Crippen LogP contribution in [0.3, 0.4) is 0 Å². The molecule has 0 saturated carbocycles. The summed E-state index contributed by atoms with van der Waals surface area (Å²) in [5, 5.41) is 6.68. The van der Waals surface area contributed by atoms with E-state index in [4.69, 9.17) is 23.2 Å². The highest BCUT2D eigenvalue weighted by Crippen LogP contribution is 2.29. The number of benzene rings is 1. The van der Waals surface area contributed by atoms with E-state index < -0.39 is 0 Å². The summed E-state index contributed by atoms with van der Waals surface area (Å²) in [6, 6.07) is 4.97. The number of piperazine rings is 1. The van der Waals surface area contributed by atoms with E-state index in [1.165, 1.54) is 0 Å². The maximum atomic E-state index is 12.5. The molecule has 0 bridgehead atoms. The van der Waals surface area contributed by atoms with Crippen LogP contribution in [0.5, 0.6) is 0 Å². The highest BCUT2D eigenvalue weighted by atomic mass is 35.5. The second-order valence-corrected chi connectivity index (χ2v) is 7.26. The molecule has 8 heteroatoms. The molecule has 1 aliphatic rings. The molecule has 1 aliphatic heterocycles. The van der Waals surface area contributed by atoms with E-state index in [2.05, 4.69) is 20.1 Å². The number of hydrogen-bond acceptors (Lipinski definition) is 5. The number of amides is 1. The van der Waals surface area contributed by atoms with Crippen LogP contribution in [0.15, 0.2) is 29.8 Å². The van der Waals surface area contributed by atoms with Crippen molar-refractivity contribution >= 4 is 51.3 Å². The lowest BCUT2D eigenvalue weighted by Crippen LogP contribution is -2.52. The van der Waals surface area contributed by atoms with Crippen molar-refractivity contribution in [3.63, 3.8) is 0 Å². The topological polar surface area (TPSA) is 48.5 Å². The average molecular weight is 385 g/mol. The molecule has 1 atom stereocenters. The molecule has 2 heterocycles. The van der Waals surface area contributed by atoms with Gasteiger partial charge >= 0.3 is 0 Å². The van der Waals surface area contributed by atoms with Gasteiger partial charge in [-0.05, 0) is 19.1 Å². The standard InChI is InChI=1S/C16H18Cl2N4OS/c1-11(15(23)20-13-4-2-3-12(17)14(13)18)21-6-8-22(9-7-21)16-19-5-10-24-16/h2-5,10-11H,6-9H2,1H3,(H,20,23). The summed E-state index contributed by atoms with van der Waals surface area (Å²) in [5.41, 5.74) is 0.544. The minimum absolute atomic E-state index is 0.0816. The van der Waals surface area contributed by atoms with Gasteiger partial charge in [0, 0.05) is 37.8 Å². The van der Waals surface area contributed by atoms with Crippen molar-refractivity contribution in [3.8, 4) is 0 Å². The van der Waals surface area contributed by atoms with Gasteiger partial charge in [0.1, 0.15) is 0 Å². The molecule has 2 aromatic rings. The number of carbonyl (C=O) groups is 1. The molecule has 0 spiro atoms. The van der Waals surface area contributed by atoms with Gasteiger partial charge in [0.05, 0.1) is 21.8 Å². The van der Waals surface area contributed by atoms with Crippen LogP contribution in [-0.2, 0) is 4.79 Å². The minimum atomic E-state index is -0.238. The fourth-order valence-electron chi connectivity index (χ4n) is 2.68. The van der Waals surface area contributed by atoms with Crippen molar-refractivity contribution in [2.24, 2.45) is 0 Å². The van der Waals surface area contributed by atoms with Crippen molar-refractivity contribution in [1.29, 1.82) is 0 Å². The molecule has 128 valence electrons. The molecule has 1 aromatic heterocycles. The summed E-state index contributed by atoms with van der Waals surface area (Å²) in [5.74, 6) is -0.0816. The van der Waals surface area contributed by atoms with Gasteiger partial charge in [0.15, 0.2) is 5.13 Å². The minimum Gasteiger partial charge on any atom is -0.346 e. The first-order chi connectivity index (χ1) is 11.6. The number of thiazole rings is 1. The zero-order valence-corrected chi connectivity index (χ0v) is 15.5. The van der Waals surface area contributed by atoms with E-state index in [-0.39, 0.29) is 11.9 Å². The van der Waals surface area contributed by atoms with Gasteiger partial charge in [-0.1, -0.05) is 29.3 Å². The highest BCUT2D eigenvalue weighted by molar-refractivity contribution is 7.13. The average Bonchev–Trinajstić information content (AvgIpc) is 3.13. The number of nitrogens with zero attached hydrogens (tertiary/aromatic N) is 3. The van der Waals surface area contributed by atoms with E-state index in [0.29, 0.717) is 15.7 Å². The van der Waals surface area contributed by atoms with Gasteiger partial charge in [-0.25, -0.2) is 4.98 Å². The Morgan fingerprint density at radius 1 is 1.29 bits per heavy atom. The molecule has 1 saturated heterocycles. The van der Waals surface area contributed by atoms with Crippen molar-refractivity contribution in [2.45, 2.75) is 13.0 Å². The molecule has 1 N–H and O–H groups in total. The summed E-state index contributed by atoms with van der Waals surface area (Å²) in [6.07, 6.45) is 1.82. The fourth-order valence-corrected chi connectivity index (χ4v) is 3.72. The molecular formula is C16H18Cl2N4OS. The van der Waals surface area contributed by atoms with Crippen LogP contribution in [0.1, 0.15) is 6.92 Å². The Morgan fingerprint density at radius 3 is 2.71 bits per heavy atom. The van der Waals surface area contributed by atoms with Crippen LogP contribution in [0.25, 0.3) is 0 Å². The van der Waals surface area contributed by atoms with Crippen LogP contribution in [0.4, 0.5) is 10.8 Å². The summed E-state index contributed by atoms with van der Waals surface area (Å²) in [4.78, 5) is 21.3. The molecule has 0 aliphatic carbocycles. The highest BCUT2D eigenvalue weighted by Gasteiger charge is 2.26. The van der Waals surface area contributed by atoms with E-state index in [1.807, 2.05) is 18.5 Å². The molecule has 24 heavy (non-hydrogen) atoms. The van der Waals surface area contributed by atoms with Crippen molar-refractivity contribution in [1.82, 2.24) is 9.88 Å². The van der Waals surface area contributed by atoms with Crippen LogP contribution in [-0.4, -0.2) is 48.0 Å². The maximum Gasteiger partial charge on any atom is 0.241 e. The Balaban J connectivity index is 1.57. The summed E-state index contributed by atoms with van der Waals surface area (Å²) >= 11 is 13.8. The van der Waals surface area contributed by atoms with Crippen LogP contribution < -0.4 is 10.2 Å². The van der Waals surface area contributed by atoms with E-state index in [9.17, 15) is 4.79 Å². The Kier molecular flexibility index (Phi) is 5.61. The maximum absolute atomic E-state index is 12.5. The third-order valence-electron chi connectivity index (χ3n) is 4.14. The van der Waals surface area contributed by atoms with Gasteiger partial charge in [-0.15, -0.1) is 11.3 Å². The molecule has 3 rings (SSSR count). The Morgan fingerprint density at radius 2 is 2.04 bits per heavy atom. The number of nitrogens with one attached hydrogen (secondary N) is 1. The third-order valence-corrected chi connectivity index (χ3v) is 5.79. The molecule has 1 amide bonds. The normalized spacial score (nSPS) is 16.9. The van der Waals surface area contributed by atoms with Gasteiger partial charge in [0.2, 0.25) is 5.91 Å². The second-order valence-electron chi connectivity index (χ2n) is 5.60. The van der Waals surface area contributed by atoms with Gasteiger partial charge in [-0.2, -0.15) is 0 Å². The number of halogens is 2. The summed E-state index contributed by atoms with van der Waals surface area (Å²) in [7, 11) is 0. The molecular weight excluding hydrogens is 367 g/mol. The predicted molar refractivity (Wildman–Crippen MR) is 100 cm³/mol. The van der Waals surface area contributed by atoms with Crippen molar-refractivity contribution < 1.29 is 4.79 Å². The van der Waals surface area contributed by atoms with Crippen LogP contribution in [0.2, 0.25) is 10.0 Å². The van der Waals surface area contributed by atoms with Gasteiger partial charge < -0.3 is 10.2 Å². The smallest absolute Gasteiger partial charge is 0.241 e. The van der Waals surface area contributed by atoms with Gasteiger partial charge in [-0.3, -0.25) is 9.69 Å². The van der Waals surface area contributed by atoms with E-state index in [1.54, 1.807) is 29.5 Å². The number of rotatable bonds is 4. The molecule has 5 nitrogen and oxygen atoms in total. The first-order valence-electron chi connectivity index (χ1n) is 7.69. The molecule has 1 aromatic carbocycles. The first-order valence-corrected chi connectivity index (χ1v) is 9.33. The number of hydrogen-bond donors (Lipinski definition) is 1. The zero-order valence-electron chi connectivity index (χ0n) is 13.2. The van der Waals surface area contributed by atoms with Crippen LogP contribution >= 0.6 is 34.5 Å². The third kappa shape index (κ3) is 3.83. The number of carbonyl (C=O) groups excluding carboxylic acids is 1. The second kappa shape index (κ2) is 7.70. The first kappa shape index (κ1) is 17.5. The largest absolute Gasteiger partial charge is 0.346 e. The van der Waals surface area contributed by atoms with Crippen LogP contribution in [0, 0.1) is 0 Å².